The van der Waals surface area contributed by atoms with Crippen molar-refractivity contribution >= 4 is 28.8 Å². The molecule has 0 aliphatic carbocycles. The molecule has 1 aromatic carbocycles. The summed E-state index contributed by atoms with van der Waals surface area (Å²) in [5.74, 6) is 0.439. The van der Waals surface area contributed by atoms with Crippen molar-refractivity contribution in [2.24, 2.45) is 0 Å². The van der Waals surface area contributed by atoms with E-state index < -0.39 is 0 Å². The van der Waals surface area contributed by atoms with Crippen LogP contribution in [0.4, 0.5) is 0 Å². The Morgan fingerprint density at radius 2 is 1.55 bits per heavy atom. The second-order valence-corrected chi connectivity index (χ2v) is 4.51. The predicted octanol–water partition coefficient (Wildman–Crippen LogP) is 4.60. The molecule has 0 atom stereocenters. The number of hydrogen-bond acceptors (Lipinski definition) is 3. The molecule has 0 saturated carbocycles. The highest BCUT2D eigenvalue weighted by Gasteiger charge is 2.06. The zero-order valence-electron chi connectivity index (χ0n) is 10.6. The molecular weight excluding hydrogens is 293 g/mol. The zero-order valence-corrected chi connectivity index (χ0v) is 12.1. The van der Waals surface area contributed by atoms with E-state index >= 15 is 0 Å². The Hall–Kier alpha value is -1.97. The van der Waals surface area contributed by atoms with Gasteiger partial charge in [-0.3, -0.25) is 0 Å². The van der Waals surface area contributed by atoms with E-state index in [0.29, 0.717) is 5.82 Å². The average Bonchev–Trinajstić information content (AvgIpc) is 2.44. The third-order valence-electron chi connectivity index (χ3n) is 2.57. The largest absolute Gasteiger partial charge is 0.227 e. The summed E-state index contributed by atoms with van der Waals surface area (Å²) >= 11 is 11.5. The molecular formula is C15H11Cl2N3. The molecule has 20 heavy (non-hydrogen) atoms. The number of nitrogens with zero attached hydrogens (tertiary/aromatic N) is 3. The first kappa shape index (κ1) is 14.4. The van der Waals surface area contributed by atoms with Crippen LogP contribution >= 0.6 is 23.2 Å². The highest BCUT2D eigenvalue weighted by molar-refractivity contribution is 6.31. The first-order valence-corrected chi connectivity index (χ1v) is 6.52. The second kappa shape index (κ2) is 6.46. The lowest BCUT2D eigenvalue weighted by Crippen LogP contribution is -1.93. The Morgan fingerprint density at radius 3 is 2.05 bits per heavy atom. The van der Waals surface area contributed by atoms with Gasteiger partial charge in [-0.1, -0.05) is 55.7 Å². The first-order valence-electron chi connectivity index (χ1n) is 5.77. The summed E-state index contributed by atoms with van der Waals surface area (Å²) in [6, 6.07) is 7.66. The maximum atomic E-state index is 5.77. The van der Waals surface area contributed by atoms with Crippen LogP contribution in [0.5, 0.6) is 0 Å². The lowest BCUT2D eigenvalue weighted by atomic mass is 10.0. The summed E-state index contributed by atoms with van der Waals surface area (Å²) in [4.78, 5) is 11.8. The minimum Gasteiger partial charge on any atom is -0.198 e. The summed E-state index contributed by atoms with van der Waals surface area (Å²) in [6.45, 7) is 7.45. The van der Waals surface area contributed by atoms with Crippen LogP contribution in [0.2, 0.25) is 10.6 Å². The van der Waals surface area contributed by atoms with Crippen molar-refractivity contribution in [3.63, 3.8) is 0 Å². The molecule has 0 amide bonds. The van der Waals surface area contributed by atoms with Gasteiger partial charge >= 0.3 is 0 Å². The Labute approximate surface area is 127 Å². The quantitative estimate of drug-likeness (QED) is 0.775. The maximum absolute atomic E-state index is 5.77. The molecule has 0 unspecified atom stereocenters. The fourth-order valence-corrected chi connectivity index (χ4v) is 2.04. The predicted molar refractivity (Wildman–Crippen MR) is 83.7 cm³/mol. The highest BCUT2D eigenvalue weighted by atomic mass is 35.5. The molecule has 3 nitrogen and oxygen atoms in total. The fourth-order valence-electron chi connectivity index (χ4n) is 1.68. The standard InChI is InChI=1S/C15H11Cl2N3/c1-3-5-10(4-2)11-6-8-12(9-7-11)13-18-14(16)20-15(17)19-13/h3-9H,1-2H2/b10-5+. The molecule has 0 N–H and O–H groups in total. The van der Waals surface area contributed by atoms with Crippen LogP contribution < -0.4 is 0 Å². The lowest BCUT2D eigenvalue weighted by molar-refractivity contribution is 1.06. The number of benzene rings is 1. The van der Waals surface area contributed by atoms with E-state index in [9.17, 15) is 0 Å². The summed E-state index contributed by atoms with van der Waals surface area (Å²) in [5, 5.41) is 0.143. The topological polar surface area (TPSA) is 38.7 Å². The molecule has 0 bridgehead atoms. The summed E-state index contributed by atoms with van der Waals surface area (Å²) in [7, 11) is 0. The third-order valence-corrected chi connectivity index (χ3v) is 2.91. The SMILES string of the molecule is C=C/C=C(\C=C)c1ccc(-c2nc(Cl)nc(Cl)n2)cc1. The van der Waals surface area contributed by atoms with E-state index in [1.165, 1.54) is 0 Å². The van der Waals surface area contributed by atoms with E-state index in [0.717, 1.165) is 16.7 Å². The molecule has 0 radical (unpaired) electrons. The van der Waals surface area contributed by atoms with Crippen molar-refractivity contribution in [1.82, 2.24) is 15.0 Å². The molecule has 1 aromatic heterocycles. The Morgan fingerprint density at radius 1 is 0.950 bits per heavy atom. The normalized spacial score (nSPS) is 11.2. The van der Waals surface area contributed by atoms with Gasteiger partial charge in [0, 0.05) is 5.56 Å². The number of rotatable bonds is 4. The van der Waals surface area contributed by atoms with Gasteiger partial charge in [-0.2, -0.15) is 15.0 Å². The average molecular weight is 304 g/mol. The zero-order chi connectivity index (χ0) is 14.5. The summed E-state index contributed by atoms with van der Waals surface area (Å²) in [6.07, 6.45) is 5.38. The van der Waals surface area contributed by atoms with Crippen molar-refractivity contribution in [1.29, 1.82) is 0 Å². The summed E-state index contributed by atoms with van der Waals surface area (Å²) < 4.78 is 0. The maximum Gasteiger partial charge on any atom is 0.227 e. The van der Waals surface area contributed by atoms with E-state index in [-0.39, 0.29) is 10.6 Å². The molecule has 5 heteroatoms. The van der Waals surface area contributed by atoms with Gasteiger partial charge in [0.2, 0.25) is 10.6 Å². The number of halogens is 2. The van der Waals surface area contributed by atoms with Gasteiger partial charge in [-0.25, -0.2) is 0 Å². The molecule has 100 valence electrons. The monoisotopic (exact) mass is 303 g/mol. The minimum absolute atomic E-state index is 0.0717. The van der Waals surface area contributed by atoms with Gasteiger partial charge < -0.3 is 0 Å². The Kier molecular flexibility index (Phi) is 4.66. The van der Waals surface area contributed by atoms with Crippen molar-refractivity contribution in [2.75, 3.05) is 0 Å². The summed E-state index contributed by atoms with van der Waals surface area (Å²) in [5.41, 5.74) is 2.81. The molecule has 0 spiro atoms. The van der Waals surface area contributed by atoms with Crippen molar-refractivity contribution in [3.8, 4) is 11.4 Å². The van der Waals surface area contributed by atoms with E-state index in [1.807, 2.05) is 30.3 Å². The molecule has 0 saturated heterocycles. The van der Waals surface area contributed by atoms with E-state index in [1.54, 1.807) is 12.2 Å². The minimum atomic E-state index is 0.0717. The van der Waals surface area contributed by atoms with E-state index in [2.05, 4.69) is 28.1 Å². The van der Waals surface area contributed by atoms with Crippen LogP contribution in [0.3, 0.4) is 0 Å². The van der Waals surface area contributed by atoms with Gasteiger partial charge in [0.25, 0.3) is 0 Å². The van der Waals surface area contributed by atoms with Crippen LogP contribution in [0.15, 0.2) is 55.7 Å². The Bertz CT molecular complexity index is 656. The number of hydrogen-bond donors (Lipinski definition) is 0. The van der Waals surface area contributed by atoms with Gasteiger partial charge in [-0.05, 0) is 34.3 Å². The van der Waals surface area contributed by atoms with Crippen LogP contribution in [-0.2, 0) is 0 Å². The first-order chi connectivity index (χ1) is 9.63. The second-order valence-electron chi connectivity index (χ2n) is 3.84. The Balaban J connectivity index is 2.39. The van der Waals surface area contributed by atoms with Crippen molar-refractivity contribution in [3.05, 3.63) is 71.8 Å². The molecule has 2 rings (SSSR count). The van der Waals surface area contributed by atoms with Crippen LogP contribution in [0, 0.1) is 0 Å². The van der Waals surface area contributed by atoms with Gasteiger partial charge in [0.1, 0.15) is 0 Å². The lowest BCUT2D eigenvalue weighted by Gasteiger charge is -2.04. The van der Waals surface area contributed by atoms with E-state index in [4.69, 9.17) is 23.2 Å². The fraction of sp³-hybridized carbons (Fsp3) is 0. The number of aromatic nitrogens is 3. The van der Waals surface area contributed by atoms with Crippen molar-refractivity contribution < 1.29 is 0 Å². The van der Waals surface area contributed by atoms with Crippen LogP contribution in [0.25, 0.3) is 17.0 Å². The van der Waals surface area contributed by atoms with Gasteiger partial charge in [0.05, 0.1) is 0 Å². The highest BCUT2D eigenvalue weighted by Crippen LogP contribution is 2.22. The van der Waals surface area contributed by atoms with Crippen molar-refractivity contribution in [2.45, 2.75) is 0 Å². The van der Waals surface area contributed by atoms with Crippen LogP contribution in [0.1, 0.15) is 5.56 Å². The molecule has 0 aliphatic rings. The van der Waals surface area contributed by atoms with Gasteiger partial charge in [-0.15, -0.1) is 0 Å². The molecule has 0 fully saturated rings. The van der Waals surface area contributed by atoms with Crippen LogP contribution in [-0.4, -0.2) is 15.0 Å². The van der Waals surface area contributed by atoms with Gasteiger partial charge in [0.15, 0.2) is 5.82 Å². The number of allylic oxidation sites excluding steroid dienone is 4. The molecule has 0 aliphatic heterocycles. The smallest absolute Gasteiger partial charge is 0.198 e. The third kappa shape index (κ3) is 3.32. The molecule has 2 aromatic rings. The molecule has 1 heterocycles.